The van der Waals surface area contributed by atoms with Gasteiger partial charge in [0.2, 0.25) is 0 Å². The Hall–Kier alpha value is 0.550. The zero-order chi connectivity index (χ0) is 5.72. The number of hydrogen-bond acceptors (Lipinski definition) is 1. The van der Waals surface area contributed by atoms with E-state index in [1.54, 1.807) is 0 Å². The van der Waals surface area contributed by atoms with E-state index in [0.717, 1.165) is 12.8 Å². The van der Waals surface area contributed by atoms with Crippen molar-refractivity contribution in [1.29, 1.82) is 0 Å². The van der Waals surface area contributed by atoms with Crippen molar-refractivity contribution in [2.24, 2.45) is 11.8 Å². The maximum absolute atomic E-state index is 12.2. The SMILES string of the molecule is FC1C(F)C2CCC12.I.N. The predicted octanol–water partition coefficient (Wildman–Crippen LogP) is 2.48. The van der Waals surface area contributed by atoms with Crippen molar-refractivity contribution >= 4 is 24.0 Å². The predicted molar refractivity (Wildman–Crippen MR) is 46.4 cm³/mol. The van der Waals surface area contributed by atoms with Crippen LogP contribution in [-0.4, -0.2) is 12.3 Å². The third-order valence-electron chi connectivity index (χ3n) is 2.51. The van der Waals surface area contributed by atoms with Gasteiger partial charge in [-0.1, -0.05) is 0 Å². The average molecular weight is 263 g/mol. The maximum atomic E-state index is 12.2. The molecule has 2 saturated carbocycles. The van der Waals surface area contributed by atoms with Gasteiger partial charge in [-0.2, -0.15) is 0 Å². The molecule has 0 aromatic rings. The molecule has 0 spiro atoms. The van der Waals surface area contributed by atoms with Crippen LogP contribution in [0.25, 0.3) is 0 Å². The van der Waals surface area contributed by atoms with E-state index < -0.39 is 12.3 Å². The fourth-order valence-electron chi connectivity index (χ4n) is 1.67. The second-order valence-electron chi connectivity index (χ2n) is 2.79. The molecule has 2 rings (SSSR count). The third kappa shape index (κ3) is 1.05. The first-order valence-electron chi connectivity index (χ1n) is 3.09. The molecule has 2 aliphatic rings. The van der Waals surface area contributed by atoms with E-state index in [1.165, 1.54) is 0 Å². The van der Waals surface area contributed by atoms with Gasteiger partial charge in [-0.25, -0.2) is 8.78 Å². The first kappa shape index (κ1) is 10.6. The van der Waals surface area contributed by atoms with Crippen LogP contribution in [0.1, 0.15) is 12.8 Å². The Kier molecular flexibility index (Phi) is 3.48. The highest BCUT2D eigenvalue weighted by Crippen LogP contribution is 2.53. The lowest BCUT2D eigenvalue weighted by molar-refractivity contribution is -0.128. The lowest BCUT2D eigenvalue weighted by Crippen LogP contribution is -2.56. The Morgan fingerprint density at radius 3 is 1.30 bits per heavy atom. The summed E-state index contributed by atoms with van der Waals surface area (Å²) < 4.78 is 24.5. The number of fused-ring (bicyclic) bond motifs is 1. The van der Waals surface area contributed by atoms with Gasteiger partial charge in [-0.3, -0.25) is 0 Å². The second kappa shape index (κ2) is 3.30. The average Bonchev–Trinajstić information content (AvgIpc) is 1.64. The monoisotopic (exact) mass is 263 g/mol. The molecule has 2 aliphatic carbocycles. The van der Waals surface area contributed by atoms with Gasteiger partial charge in [0, 0.05) is 0 Å². The van der Waals surface area contributed by atoms with Crippen LogP contribution < -0.4 is 6.15 Å². The molecule has 4 atom stereocenters. The summed E-state index contributed by atoms with van der Waals surface area (Å²) in [6, 6.07) is 0. The zero-order valence-corrected chi connectivity index (χ0v) is 7.93. The summed E-state index contributed by atoms with van der Waals surface area (Å²) >= 11 is 0. The highest BCUT2D eigenvalue weighted by Gasteiger charge is 2.56. The molecule has 62 valence electrons. The Balaban J connectivity index is 0.000000405. The molecule has 4 unspecified atom stereocenters. The van der Waals surface area contributed by atoms with Crippen LogP contribution in [0.15, 0.2) is 0 Å². The molecule has 10 heavy (non-hydrogen) atoms. The molecule has 0 radical (unpaired) electrons. The lowest BCUT2D eigenvalue weighted by Gasteiger charge is -2.51. The fourth-order valence-corrected chi connectivity index (χ4v) is 1.67. The van der Waals surface area contributed by atoms with Gasteiger partial charge < -0.3 is 6.15 Å². The molecule has 0 aromatic heterocycles. The summed E-state index contributed by atoms with van der Waals surface area (Å²) in [5.41, 5.74) is 0. The van der Waals surface area contributed by atoms with E-state index in [1.807, 2.05) is 0 Å². The minimum Gasteiger partial charge on any atom is -0.344 e. The van der Waals surface area contributed by atoms with Crippen LogP contribution in [0, 0.1) is 11.8 Å². The minimum atomic E-state index is -1.10. The van der Waals surface area contributed by atoms with Crippen molar-refractivity contribution < 1.29 is 8.78 Å². The van der Waals surface area contributed by atoms with Crippen LogP contribution in [0.5, 0.6) is 0 Å². The Morgan fingerprint density at radius 1 is 0.900 bits per heavy atom. The van der Waals surface area contributed by atoms with E-state index >= 15 is 0 Å². The number of halogens is 3. The molecule has 2 fully saturated rings. The van der Waals surface area contributed by atoms with Crippen molar-refractivity contribution in [3.8, 4) is 0 Å². The highest BCUT2D eigenvalue weighted by atomic mass is 127. The lowest BCUT2D eigenvalue weighted by atomic mass is 9.57. The molecular formula is C6H12F2IN. The third-order valence-corrected chi connectivity index (χ3v) is 2.51. The normalized spacial score (nSPS) is 48.6. The van der Waals surface area contributed by atoms with E-state index in [2.05, 4.69) is 0 Å². The van der Waals surface area contributed by atoms with Crippen LogP contribution in [0.4, 0.5) is 8.78 Å². The topological polar surface area (TPSA) is 35.0 Å². The van der Waals surface area contributed by atoms with E-state index in [4.69, 9.17) is 0 Å². The van der Waals surface area contributed by atoms with Gasteiger partial charge in [-0.05, 0) is 24.7 Å². The van der Waals surface area contributed by atoms with Crippen molar-refractivity contribution in [2.45, 2.75) is 25.2 Å². The molecule has 0 heterocycles. The van der Waals surface area contributed by atoms with Crippen molar-refractivity contribution in [3.05, 3.63) is 0 Å². The molecule has 4 heteroatoms. The quantitative estimate of drug-likeness (QED) is 0.669. The Labute approximate surface area is 76.2 Å². The first-order chi connectivity index (χ1) is 3.80. The van der Waals surface area contributed by atoms with Gasteiger partial charge in [-0.15, -0.1) is 24.0 Å². The van der Waals surface area contributed by atoms with E-state index in [-0.39, 0.29) is 42.0 Å². The van der Waals surface area contributed by atoms with Crippen molar-refractivity contribution in [1.82, 2.24) is 6.15 Å². The summed E-state index contributed by atoms with van der Waals surface area (Å²) in [5.74, 6) is 0.231. The standard InChI is InChI=1S/C6H8F2.HI.H3N/c7-5-3-1-2-4(3)6(5)8;;/h3-6H,1-2H2;1H;1H3. The van der Waals surface area contributed by atoms with Crippen molar-refractivity contribution in [3.63, 3.8) is 0 Å². The summed E-state index contributed by atoms with van der Waals surface area (Å²) in [6.07, 6.45) is -0.360. The molecule has 0 aliphatic heterocycles. The Bertz CT molecular complexity index is 96.3. The van der Waals surface area contributed by atoms with Gasteiger partial charge in [0.15, 0.2) is 0 Å². The largest absolute Gasteiger partial charge is 0.344 e. The van der Waals surface area contributed by atoms with Gasteiger partial charge in [0.1, 0.15) is 12.3 Å². The second-order valence-corrected chi connectivity index (χ2v) is 2.79. The van der Waals surface area contributed by atoms with Crippen LogP contribution in [0.2, 0.25) is 0 Å². The summed E-state index contributed by atoms with van der Waals surface area (Å²) in [6.45, 7) is 0. The molecule has 0 amide bonds. The number of alkyl halides is 2. The Morgan fingerprint density at radius 2 is 1.20 bits per heavy atom. The molecular weight excluding hydrogens is 251 g/mol. The first-order valence-corrected chi connectivity index (χ1v) is 3.09. The molecule has 0 aromatic carbocycles. The number of hydrogen-bond donors (Lipinski definition) is 1. The minimum absolute atomic E-state index is 0. The molecule has 3 N–H and O–H groups in total. The van der Waals surface area contributed by atoms with E-state index in [0.29, 0.717) is 0 Å². The van der Waals surface area contributed by atoms with Crippen LogP contribution in [0.3, 0.4) is 0 Å². The molecule has 1 nitrogen and oxygen atoms in total. The summed E-state index contributed by atoms with van der Waals surface area (Å²) in [5, 5.41) is 0. The molecule has 0 saturated heterocycles. The van der Waals surface area contributed by atoms with E-state index in [9.17, 15) is 8.78 Å². The fraction of sp³-hybridized carbons (Fsp3) is 1.00. The molecule has 0 bridgehead atoms. The summed E-state index contributed by atoms with van der Waals surface area (Å²) in [7, 11) is 0. The summed E-state index contributed by atoms with van der Waals surface area (Å²) in [4.78, 5) is 0. The highest BCUT2D eigenvalue weighted by molar-refractivity contribution is 14.0. The van der Waals surface area contributed by atoms with Gasteiger partial charge in [0.25, 0.3) is 0 Å². The van der Waals surface area contributed by atoms with Crippen LogP contribution in [-0.2, 0) is 0 Å². The zero-order valence-electron chi connectivity index (χ0n) is 5.59. The smallest absolute Gasteiger partial charge is 0.135 e. The maximum Gasteiger partial charge on any atom is 0.135 e. The van der Waals surface area contributed by atoms with Crippen LogP contribution >= 0.6 is 24.0 Å². The van der Waals surface area contributed by atoms with Gasteiger partial charge >= 0.3 is 0 Å². The number of rotatable bonds is 0. The van der Waals surface area contributed by atoms with Crippen molar-refractivity contribution in [2.75, 3.05) is 0 Å². The van der Waals surface area contributed by atoms with Gasteiger partial charge in [0.05, 0.1) is 0 Å².